The van der Waals surface area contributed by atoms with E-state index in [4.69, 9.17) is 9.63 Å². The maximum absolute atomic E-state index is 10.8. The first-order valence-electron chi connectivity index (χ1n) is 6.31. The fraction of sp³-hybridized carbons (Fsp3) is 0.286. The van der Waals surface area contributed by atoms with Gasteiger partial charge in [0, 0.05) is 11.6 Å². The first-order chi connectivity index (χ1) is 9.58. The summed E-state index contributed by atoms with van der Waals surface area (Å²) in [6.45, 7) is 0. The quantitative estimate of drug-likeness (QED) is 0.877. The molecule has 0 saturated heterocycles. The summed E-state index contributed by atoms with van der Waals surface area (Å²) < 4.78 is 5.41. The SMILES string of the molecule is O=C(O)c1cc(-c2cc3c(c(Br)c2O)CCCC3)no1. The Morgan fingerprint density at radius 2 is 2.05 bits per heavy atom. The molecule has 0 atom stereocenters. The largest absolute Gasteiger partial charge is 0.506 e. The lowest BCUT2D eigenvalue weighted by Gasteiger charge is -2.19. The molecule has 20 heavy (non-hydrogen) atoms. The molecule has 0 amide bonds. The normalized spacial score (nSPS) is 14.1. The van der Waals surface area contributed by atoms with E-state index in [1.165, 1.54) is 6.07 Å². The van der Waals surface area contributed by atoms with Crippen LogP contribution in [0.4, 0.5) is 0 Å². The van der Waals surface area contributed by atoms with Gasteiger partial charge in [-0.1, -0.05) is 5.16 Å². The molecule has 1 aliphatic carbocycles. The number of halogens is 1. The van der Waals surface area contributed by atoms with Crippen LogP contribution in [0.25, 0.3) is 11.3 Å². The van der Waals surface area contributed by atoms with E-state index in [9.17, 15) is 9.90 Å². The van der Waals surface area contributed by atoms with E-state index in [1.807, 2.05) is 6.07 Å². The van der Waals surface area contributed by atoms with Crippen molar-refractivity contribution in [1.29, 1.82) is 0 Å². The minimum absolute atomic E-state index is 0.0795. The molecule has 6 heteroatoms. The standard InChI is InChI=1S/C14H12BrNO4/c15-12-8-4-2-1-3-7(8)5-9(13(12)17)10-6-11(14(18)19)20-16-10/h5-6,17H,1-4H2,(H,18,19). The van der Waals surface area contributed by atoms with Gasteiger partial charge in [0.1, 0.15) is 11.4 Å². The summed E-state index contributed by atoms with van der Waals surface area (Å²) in [5, 5.41) is 22.9. The average molecular weight is 338 g/mol. The molecule has 3 rings (SSSR count). The van der Waals surface area contributed by atoms with Crippen LogP contribution in [0.5, 0.6) is 5.75 Å². The van der Waals surface area contributed by atoms with Crippen molar-refractivity contribution < 1.29 is 19.5 Å². The number of carbonyl (C=O) groups is 1. The number of phenolic OH excluding ortho intramolecular Hbond substituents is 1. The Kier molecular flexibility index (Phi) is 3.25. The molecule has 5 nitrogen and oxygen atoms in total. The maximum Gasteiger partial charge on any atom is 0.374 e. The summed E-state index contributed by atoms with van der Waals surface area (Å²) in [4.78, 5) is 10.8. The molecular formula is C14H12BrNO4. The maximum atomic E-state index is 10.8. The number of aromatic carboxylic acids is 1. The molecule has 1 aromatic heterocycles. The number of phenols is 1. The number of aromatic nitrogens is 1. The number of aryl methyl sites for hydroxylation is 1. The lowest BCUT2D eigenvalue weighted by atomic mass is 9.89. The van der Waals surface area contributed by atoms with Gasteiger partial charge >= 0.3 is 5.97 Å². The Balaban J connectivity index is 2.13. The molecular weight excluding hydrogens is 326 g/mol. The van der Waals surface area contributed by atoms with Crippen molar-refractivity contribution in [2.24, 2.45) is 0 Å². The lowest BCUT2D eigenvalue weighted by molar-refractivity contribution is 0.0652. The molecule has 104 valence electrons. The summed E-state index contributed by atoms with van der Waals surface area (Å²) >= 11 is 3.43. The van der Waals surface area contributed by atoms with Gasteiger partial charge in [0.15, 0.2) is 0 Å². The van der Waals surface area contributed by atoms with Gasteiger partial charge in [-0.3, -0.25) is 0 Å². The zero-order valence-corrected chi connectivity index (χ0v) is 12.1. The summed E-state index contributed by atoms with van der Waals surface area (Å²) in [7, 11) is 0. The Labute approximate surface area is 123 Å². The number of rotatable bonds is 2. The highest BCUT2D eigenvalue weighted by atomic mass is 79.9. The van der Waals surface area contributed by atoms with Crippen LogP contribution in [-0.2, 0) is 12.8 Å². The van der Waals surface area contributed by atoms with Gasteiger partial charge in [-0.2, -0.15) is 0 Å². The highest BCUT2D eigenvalue weighted by molar-refractivity contribution is 9.10. The molecule has 2 aromatic rings. The van der Waals surface area contributed by atoms with E-state index < -0.39 is 5.97 Å². The van der Waals surface area contributed by atoms with Crippen LogP contribution >= 0.6 is 15.9 Å². The van der Waals surface area contributed by atoms with Crippen molar-refractivity contribution in [2.45, 2.75) is 25.7 Å². The minimum Gasteiger partial charge on any atom is -0.506 e. The number of carboxylic acids is 1. The van der Waals surface area contributed by atoms with Gasteiger partial charge in [-0.05, 0) is 58.8 Å². The van der Waals surface area contributed by atoms with Gasteiger partial charge < -0.3 is 14.7 Å². The second-order valence-corrected chi connectivity index (χ2v) is 5.61. The summed E-state index contributed by atoms with van der Waals surface area (Å²) in [5.41, 5.74) is 3.11. The van der Waals surface area contributed by atoms with Crippen LogP contribution in [0, 0.1) is 0 Å². The van der Waals surface area contributed by atoms with Crippen molar-refractivity contribution in [1.82, 2.24) is 5.16 Å². The van der Waals surface area contributed by atoms with Gasteiger partial charge in [0.25, 0.3) is 0 Å². The monoisotopic (exact) mass is 337 g/mol. The Hall–Kier alpha value is -1.82. The third kappa shape index (κ3) is 2.10. The van der Waals surface area contributed by atoms with Gasteiger partial charge in [0.2, 0.25) is 5.76 Å². The zero-order chi connectivity index (χ0) is 14.3. The summed E-state index contributed by atoms with van der Waals surface area (Å²) in [6, 6.07) is 3.19. The topological polar surface area (TPSA) is 83.6 Å². The lowest BCUT2D eigenvalue weighted by Crippen LogP contribution is -2.04. The average Bonchev–Trinajstić information content (AvgIpc) is 2.92. The van der Waals surface area contributed by atoms with Crippen LogP contribution in [0.1, 0.15) is 34.5 Å². The number of nitrogens with zero attached hydrogens (tertiary/aromatic N) is 1. The van der Waals surface area contributed by atoms with E-state index in [0.717, 1.165) is 36.8 Å². The molecule has 1 heterocycles. The van der Waals surface area contributed by atoms with E-state index in [2.05, 4.69) is 21.1 Å². The van der Waals surface area contributed by atoms with E-state index in [0.29, 0.717) is 15.7 Å². The second-order valence-electron chi connectivity index (χ2n) is 4.81. The molecule has 0 fully saturated rings. The van der Waals surface area contributed by atoms with Crippen LogP contribution in [0.15, 0.2) is 21.1 Å². The zero-order valence-electron chi connectivity index (χ0n) is 10.5. The predicted molar refractivity (Wildman–Crippen MR) is 74.9 cm³/mol. The predicted octanol–water partition coefficient (Wildman–Crippen LogP) is 3.39. The Bertz CT molecular complexity index is 693. The smallest absolute Gasteiger partial charge is 0.374 e. The van der Waals surface area contributed by atoms with Gasteiger partial charge in [-0.25, -0.2) is 4.79 Å². The molecule has 0 bridgehead atoms. The van der Waals surface area contributed by atoms with Crippen LogP contribution in [0.3, 0.4) is 0 Å². The number of hydrogen-bond donors (Lipinski definition) is 2. The molecule has 0 saturated carbocycles. The summed E-state index contributed by atoms with van der Waals surface area (Å²) in [5.74, 6) is -1.34. The molecule has 1 aliphatic rings. The molecule has 0 unspecified atom stereocenters. The number of fused-ring (bicyclic) bond motifs is 1. The van der Waals surface area contributed by atoms with E-state index in [1.54, 1.807) is 0 Å². The third-order valence-electron chi connectivity index (χ3n) is 3.55. The fourth-order valence-corrected chi connectivity index (χ4v) is 3.21. The van der Waals surface area contributed by atoms with Crippen molar-refractivity contribution in [3.05, 3.63) is 33.5 Å². The van der Waals surface area contributed by atoms with E-state index >= 15 is 0 Å². The van der Waals surface area contributed by atoms with Crippen molar-refractivity contribution >= 4 is 21.9 Å². The van der Waals surface area contributed by atoms with Gasteiger partial charge in [0.05, 0.1) is 4.47 Å². The third-order valence-corrected chi connectivity index (χ3v) is 4.41. The first kappa shape index (κ1) is 13.2. The Morgan fingerprint density at radius 3 is 2.75 bits per heavy atom. The Morgan fingerprint density at radius 1 is 1.30 bits per heavy atom. The molecule has 0 spiro atoms. The summed E-state index contributed by atoms with van der Waals surface area (Å²) in [6.07, 6.45) is 4.11. The number of aromatic hydroxyl groups is 1. The van der Waals surface area contributed by atoms with Crippen LogP contribution in [-0.4, -0.2) is 21.3 Å². The second kappa shape index (κ2) is 4.94. The van der Waals surface area contributed by atoms with E-state index in [-0.39, 0.29) is 11.5 Å². The molecule has 2 N–H and O–H groups in total. The molecule has 0 aliphatic heterocycles. The first-order valence-corrected chi connectivity index (χ1v) is 7.11. The van der Waals surface area contributed by atoms with Crippen LogP contribution in [0.2, 0.25) is 0 Å². The van der Waals surface area contributed by atoms with Crippen molar-refractivity contribution in [3.8, 4) is 17.0 Å². The molecule has 0 radical (unpaired) electrons. The van der Waals surface area contributed by atoms with Crippen molar-refractivity contribution in [3.63, 3.8) is 0 Å². The van der Waals surface area contributed by atoms with Crippen LogP contribution < -0.4 is 0 Å². The van der Waals surface area contributed by atoms with Gasteiger partial charge in [-0.15, -0.1) is 0 Å². The number of carboxylic acid groups (broad SMARTS) is 1. The number of hydrogen-bond acceptors (Lipinski definition) is 4. The minimum atomic E-state index is -1.18. The molecule has 1 aromatic carbocycles. The fourth-order valence-electron chi connectivity index (χ4n) is 2.54. The highest BCUT2D eigenvalue weighted by Gasteiger charge is 2.22. The highest BCUT2D eigenvalue weighted by Crippen LogP contribution is 2.41. The number of benzene rings is 1. The van der Waals surface area contributed by atoms with Crippen molar-refractivity contribution in [2.75, 3.05) is 0 Å².